The molecule has 1 nitrogen and oxygen atoms in total. The number of hydrogen-bond acceptors (Lipinski definition) is 1. The van der Waals surface area contributed by atoms with E-state index in [1.54, 1.807) is 0 Å². The highest BCUT2D eigenvalue weighted by atomic mass is 19.4. The largest absolute Gasteiger partial charge is 0.454 e. The van der Waals surface area contributed by atoms with E-state index >= 15 is 4.39 Å². The minimum atomic E-state index is -4.47. The van der Waals surface area contributed by atoms with Crippen LogP contribution in [0.25, 0.3) is 0 Å². The van der Waals surface area contributed by atoms with Gasteiger partial charge in [0.25, 0.3) is 0 Å². The Morgan fingerprint density at radius 1 is 0.882 bits per heavy atom. The topological polar surface area (TPSA) is 9.23 Å². The predicted molar refractivity (Wildman–Crippen MR) is 122 cm³/mol. The van der Waals surface area contributed by atoms with Crippen LogP contribution in [0.4, 0.5) is 22.0 Å². The summed E-state index contributed by atoms with van der Waals surface area (Å²) in [6.45, 7) is 2.24. The third-order valence-electron chi connectivity index (χ3n) is 7.86. The van der Waals surface area contributed by atoms with Gasteiger partial charge in [-0.25, -0.2) is 8.78 Å². The van der Waals surface area contributed by atoms with E-state index in [0.29, 0.717) is 5.92 Å². The highest BCUT2D eigenvalue weighted by Crippen LogP contribution is 2.46. The average Bonchev–Trinajstić information content (AvgIpc) is 2.82. The van der Waals surface area contributed by atoms with Crippen molar-refractivity contribution in [2.24, 2.45) is 17.8 Å². The molecule has 0 atom stereocenters. The summed E-state index contributed by atoms with van der Waals surface area (Å²) in [6, 6.07) is 7.52. The van der Waals surface area contributed by atoms with Gasteiger partial charge in [0.05, 0.1) is 5.56 Å². The van der Waals surface area contributed by atoms with E-state index in [2.05, 4.69) is 13.0 Å². The summed E-state index contributed by atoms with van der Waals surface area (Å²) in [5.74, 6) is 0.316. The Kier molecular flexibility index (Phi) is 7.83. The van der Waals surface area contributed by atoms with Crippen molar-refractivity contribution in [3.63, 3.8) is 0 Å². The van der Waals surface area contributed by atoms with E-state index in [1.165, 1.54) is 38.5 Å². The normalized spacial score (nSPS) is 25.8. The fraction of sp³-hybridized carbons (Fsp3) is 0.571. The minimum Gasteiger partial charge on any atom is -0.454 e. The molecule has 0 N–H and O–H groups in total. The maximum absolute atomic E-state index is 15.3. The molecule has 0 aliphatic heterocycles. The molecule has 2 aliphatic rings. The van der Waals surface area contributed by atoms with Gasteiger partial charge >= 0.3 is 6.18 Å². The van der Waals surface area contributed by atoms with Crippen LogP contribution in [0.3, 0.4) is 0 Å². The van der Waals surface area contributed by atoms with Crippen LogP contribution in [0.15, 0.2) is 30.3 Å². The van der Waals surface area contributed by atoms with Gasteiger partial charge in [-0.2, -0.15) is 13.2 Å². The van der Waals surface area contributed by atoms with Crippen molar-refractivity contribution in [1.29, 1.82) is 0 Å². The number of rotatable bonds is 6. The molecule has 2 saturated carbocycles. The van der Waals surface area contributed by atoms with Crippen molar-refractivity contribution in [3.05, 3.63) is 59.2 Å². The molecule has 2 aromatic carbocycles. The van der Waals surface area contributed by atoms with Crippen molar-refractivity contribution < 1.29 is 26.7 Å². The summed E-state index contributed by atoms with van der Waals surface area (Å²) < 4.78 is 73.6. The first-order chi connectivity index (χ1) is 16.3. The molecule has 2 fully saturated rings. The molecule has 4 rings (SSSR count). The number of benzene rings is 2. The molecule has 0 bridgehead atoms. The van der Waals surface area contributed by atoms with Crippen LogP contribution in [0, 0.1) is 35.5 Å². The Morgan fingerprint density at radius 2 is 1.47 bits per heavy atom. The Hall–Kier alpha value is -2.11. The molecule has 0 spiro atoms. The number of halogens is 5. The maximum Gasteiger partial charge on any atom is 0.416 e. The van der Waals surface area contributed by atoms with Gasteiger partial charge in [-0.15, -0.1) is 0 Å². The van der Waals surface area contributed by atoms with Crippen LogP contribution in [0.1, 0.15) is 88.2 Å². The van der Waals surface area contributed by atoms with Crippen LogP contribution < -0.4 is 4.74 Å². The summed E-state index contributed by atoms with van der Waals surface area (Å²) in [6.07, 6.45) is 6.67. The first-order valence-corrected chi connectivity index (χ1v) is 12.5. The second-order valence-corrected chi connectivity index (χ2v) is 10.00. The molecule has 34 heavy (non-hydrogen) atoms. The van der Waals surface area contributed by atoms with Gasteiger partial charge in [-0.05, 0) is 92.5 Å². The molecule has 1 radical (unpaired) electrons. The highest BCUT2D eigenvalue weighted by Gasteiger charge is 2.34. The van der Waals surface area contributed by atoms with Gasteiger partial charge in [-0.1, -0.05) is 32.6 Å². The number of alkyl halides is 3. The molecule has 2 aliphatic carbocycles. The quantitative estimate of drug-likeness (QED) is 0.375. The van der Waals surface area contributed by atoms with Gasteiger partial charge in [0.2, 0.25) is 0 Å². The summed E-state index contributed by atoms with van der Waals surface area (Å²) in [5, 5.41) is 0. The van der Waals surface area contributed by atoms with E-state index < -0.39 is 23.4 Å². The zero-order chi connectivity index (χ0) is 24.3. The summed E-state index contributed by atoms with van der Waals surface area (Å²) in [5.41, 5.74) is -0.800. The van der Waals surface area contributed by atoms with Crippen molar-refractivity contribution in [1.82, 2.24) is 0 Å². The average molecular weight is 480 g/mol. The van der Waals surface area contributed by atoms with Crippen LogP contribution >= 0.6 is 0 Å². The second kappa shape index (κ2) is 10.7. The molecule has 0 saturated heterocycles. The van der Waals surface area contributed by atoms with Gasteiger partial charge in [0, 0.05) is 11.6 Å². The Morgan fingerprint density at radius 3 is 2.03 bits per heavy atom. The van der Waals surface area contributed by atoms with Gasteiger partial charge in [-0.3, -0.25) is 0 Å². The maximum atomic E-state index is 15.3. The minimum absolute atomic E-state index is 0.0192. The molecule has 0 aromatic heterocycles. The first-order valence-electron chi connectivity index (χ1n) is 12.5. The van der Waals surface area contributed by atoms with E-state index in [9.17, 15) is 17.6 Å². The monoisotopic (exact) mass is 479 g/mol. The number of hydrogen-bond donors (Lipinski definition) is 0. The lowest BCUT2D eigenvalue weighted by Crippen LogP contribution is -2.26. The van der Waals surface area contributed by atoms with Crippen molar-refractivity contribution in [2.75, 3.05) is 0 Å². The van der Waals surface area contributed by atoms with E-state index in [1.807, 2.05) is 0 Å². The lowest BCUT2D eigenvalue weighted by atomic mass is 9.68. The van der Waals surface area contributed by atoms with Crippen molar-refractivity contribution >= 4 is 0 Å². The van der Waals surface area contributed by atoms with Crippen LogP contribution in [0.5, 0.6) is 11.5 Å². The molecule has 6 heteroatoms. The fourth-order valence-corrected chi connectivity index (χ4v) is 6.01. The van der Waals surface area contributed by atoms with Gasteiger partial charge < -0.3 is 4.74 Å². The van der Waals surface area contributed by atoms with Crippen molar-refractivity contribution in [2.45, 2.75) is 83.2 Å². The van der Waals surface area contributed by atoms with Gasteiger partial charge in [0.1, 0.15) is 11.6 Å². The Labute approximate surface area is 198 Å². The van der Waals surface area contributed by atoms with Crippen LogP contribution in [-0.2, 0) is 6.18 Å². The zero-order valence-electron chi connectivity index (χ0n) is 19.6. The number of ether oxygens (including phenoxy) is 1. The lowest BCUT2D eigenvalue weighted by Gasteiger charge is -2.38. The summed E-state index contributed by atoms with van der Waals surface area (Å²) in [7, 11) is 0. The third-order valence-corrected chi connectivity index (χ3v) is 7.86. The lowest BCUT2D eigenvalue weighted by molar-refractivity contribution is -0.137. The molecule has 2 aromatic rings. The third kappa shape index (κ3) is 5.75. The standard InChI is InChI=1S/C28H32F5O/c1-2-3-18-4-6-19(7-5-18)20-8-10-21(11-9-20)26-24(29)16-17-25(27(26)30)34-23-14-12-22(13-15-23)28(31,32)33/h12-16,18-21H,2-11H2,1H3/t18-,19-,20?,21?. The highest BCUT2D eigenvalue weighted by molar-refractivity contribution is 5.38. The van der Waals surface area contributed by atoms with E-state index in [4.69, 9.17) is 4.74 Å². The smallest absolute Gasteiger partial charge is 0.416 e. The van der Waals surface area contributed by atoms with Crippen molar-refractivity contribution in [3.8, 4) is 11.5 Å². The Balaban J connectivity index is 1.40. The zero-order valence-corrected chi connectivity index (χ0v) is 19.6. The van der Waals surface area contributed by atoms with Crippen LogP contribution in [0.2, 0.25) is 0 Å². The van der Waals surface area contributed by atoms with Gasteiger partial charge in [0.15, 0.2) is 11.6 Å². The van der Waals surface area contributed by atoms with E-state index in [-0.39, 0.29) is 23.0 Å². The molecule has 0 amide bonds. The summed E-state index contributed by atoms with van der Waals surface area (Å²) in [4.78, 5) is 0. The molecule has 0 heterocycles. The van der Waals surface area contributed by atoms with Crippen LogP contribution in [-0.4, -0.2) is 0 Å². The first kappa shape index (κ1) is 25.0. The Bertz CT molecular complexity index is 937. The summed E-state index contributed by atoms with van der Waals surface area (Å²) >= 11 is 0. The predicted octanol–water partition coefficient (Wildman–Crippen LogP) is 9.46. The fourth-order valence-electron chi connectivity index (χ4n) is 6.01. The molecular formula is C28H32F5O. The molecule has 185 valence electrons. The SMILES string of the molecule is CCC[C@H]1CC[C@H](C2CCC(c3c(F)c[c]c(Oc4ccc(C(F)(F)F)cc4)c3F)CC2)CC1. The molecular weight excluding hydrogens is 447 g/mol. The van der Waals surface area contributed by atoms with E-state index in [0.717, 1.165) is 67.9 Å². The second-order valence-electron chi connectivity index (χ2n) is 10.00. The molecule has 0 unspecified atom stereocenters.